The van der Waals surface area contributed by atoms with Gasteiger partial charge in [-0.05, 0) is 38.9 Å². The second-order valence-electron chi connectivity index (χ2n) is 5.70. The Morgan fingerprint density at radius 2 is 2.05 bits per heavy atom. The molecule has 1 saturated heterocycles. The largest absolute Gasteiger partial charge is 0.478 e. The first-order valence-electron chi connectivity index (χ1n) is 7.83. The van der Waals surface area contributed by atoms with E-state index in [1.165, 1.54) is 32.4 Å². The van der Waals surface area contributed by atoms with E-state index in [2.05, 4.69) is 17.1 Å². The van der Waals surface area contributed by atoms with E-state index in [0.717, 1.165) is 24.4 Å². The lowest BCUT2D eigenvalue weighted by molar-refractivity contribution is 0.208. The fraction of sp³-hybridized carbons (Fsp3) is 0.588. The monoisotopic (exact) mass is 287 g/mol. The lowest BCUT2D eigenvalue weighted by atomic mass is 10.1. The van der Waals surface area contributed by atoms with Crippen LogP contribution in [0, 0.1) is 11.3 Å². The Hall–Kier alpha value is -1.57. The van der Waals surface area contributed by atoms with Crippen LogP contribution >= 0.6 is 0 Å². The third-order valence-corrected chi connectivity index (χ3v) is 3.89. The first-order valence-corrected chi connectivity index (χ1v) is 7.83. The van der Waals surface area contributed by atoms with Crippen molar-refractivity contribution in [2.75, 3.05) is 26.2 Å². The van der Waals surface area contributed by atoms with E-state index in [0.29, 0.717) is 6.04 Å². The van der Waals surface area contributed by atoms with Crippen LogP contribution in [0.25, 0.3) is 0 Å². The van der Waals surface area contributed by atoms with Gasteiger partial charge in [0.05, 0.1) is 0 Å². The topological polar surface area (TPSA) is 48.3 Å². The zero-order valence-electron chi connectivity index (χ0n) is 12.8. The quantitative estimate of drug-likeness (QED) is 0.837. The van der Waals surface area contributed by atoms with Crippen LogP contribution in [0.3, 0.4) is 0 Å². The van der Waals surface area contributed by atoms with Gasteiger partial charge < -0.3 is 15.0 Å². The highest BCUT2D eigenvalue weighted by molar-refractivity contribution is 5.33. The molecule has 0 saturated carbocycles. The van der Waals surface area contributed by atoms with Crippen molar-refractivity contribution < 1.29 is 4.74 Å². The molecule has 2 rings (SSSR count). The Morgan fingerprint density at radius 3 is 2.81 bits per heavy atom. The second kappa shape index (κ2) is 8.66. The number of piperidine rings is 1. The fourth-order valence-corrected chi connectivity index (χ4v) is 2.78. The summed E-state index contributed by atoms with van der Waals surface area (Å²) in [5.74, 6) is 0.803. The van der Waals surface area contributed by atoms with E-state index < -0.39 is 0 Å². The van der Waals surface area contributed by atoms with E-state index in [-0.39, 0.29) is 6.61 Å². The van der Waals surface area contributed by atoms with E-state index in [4.69, 9.17) is 10.00 Å². The van der Waals surface area contributed by atoms with Crippen molar-refractivity contribution in [3.8, 4) is 11.8 Å². The first kappa shape index (κ1) is 15.8. The molecule has 0 amide bonds. The molecule has 0 aliphatic carbocycles. The van der Waals surface area contributed by atoms with Crippen LogP contribution in [-0.2, 0) is 6.54 Å². The zero-order valence-corrected chi connectivity index (χ0v) is 12.8. The summed E-state index contributed by atoms with van der Waals surface area (Å²) in [5.41, 5.74) is 1.11. The Kier molecular flexibility index (Phi) is 6.52. The average Bonchev–Trinajstić information content (AvgIpc) is 2.52. The van der Waals surface area contributed by atoms with Gasteiger partial charge in [-0.1, -0.05) is 24.6 Å². The van der Waals surface area contributed by atoms with Gasteiger partial charge in [-0.3, -0.25) is 0 Å². The normalized spacial score (nSPS) is 17.1. The third-order valence-electron chi connectivity index (χ3n) is 3.89. The predicted octanol–water partition coefficient (Wildman–Crippen LogP) is 2.55. The van der Waals surface area contributed by atoms with Crippen molar-refractivity contribution >= 4 is 0 Å². The maximum Gasteiger partial charge on any atom is 0.174 e. The van der Waals surface area contributed by atoms with Crippen LogP contribution in [0.4, 0.5) is 0 Å². The molecule has 1 unspecified atom stereocenters. The molecule has 21 heavy (non-hydrogen) atoms. The fourth-order valence-electron chi connectivity index (χ4n) is 2.78. The van der Waals surface area contributed by atoms with Crippen LogP contribution in [-0.4, -0.2) is 37.2 Å². The minimum absolute atomic E-state index is 0.0976. The Morgan fingerprint density at radius 1 is 1.29 bits per heavy atom. The van der Waals surface area contributed by atoms with Crippen molar-refractivity contribution in [1.29, 1.82) is 5.26 Å². The van der Waals surface area contributed by atoms with Gasteiger partial charge in [0.2, 0.25) is 0 Å². The van der Waals surface area contributed by atoms with Gasteiger partial charge >= 0.3 is 0 Å². The number of nitrogens with one attached hydrogen (secondary N) is 1. The van der Waals surface area contributed by atoms with Gasteiger partial charge in [-0.2, -0.15) is 5.26 Å². The van der Waals surface area contributed by atoms with Gasteiger partial charge in [-0.15, -0.1) is 0 Å². The zero-order chi connectivity index (χ0) is 14.9. The summed E-state index contributed by atoms with van der Waals surface area (Å²) in [6.45, 7) is 6.66. The summed E-state index contributed by atoms with van der Waals surface area (Å²) in [6.07, 6.45) is 4.04. The highest BCUT2D eigenvalue weighted by Gasteiger charge is 2.13. The molecule has 1 aliphatic rings. The first-order chi connectivity index (χ1) is 10.3. The summed E-state index contributed by atoms with van der Waals surface area (Å²) >= 11 is 0. The number of hydrogen-bond donors (Lipinski definition) is 1. The maximum atomic E-state index is 8.62. The molecule has 0 aromatic heterocycles. The summed E-state index contributed by atoms with van der Waals surface area (Å²) in [5, 5.41) is 12.2. The number of rotatable bonds is 7. The molecular weight excluding hydrogens is 262 g/mol. The molecule has 4 heteroatoms. The van der Waals surface area contributed by atoms with Gasteiger partial charge in [0.1, 0.15) is 11.8 Å². The second-order valence-corrected chi connectivity index (χ2v) is 5.70. The summed E-state index contributed by atoms with van der Waals surface area (Å²) < 4.78 is 5.46. The van der Waals surface area contributed by atoms with Crippen LogP contribution in [0.15, 0.2) is 24.3 Å². The predicted molar refractivity (Wildman–Crippen MR) is 84.1 cm³/mol. The molecule has 1 atom stereocenters. The molecule has 0 spiro atoms. The van der Waals surface area contributed by atoms with Crippen LogP contribution in [0.1, 0.15) is 31.7 Å². The van der Waals surface area contributed by atoms with Crippen LogP contribution < -0.4 is 10.1 Å². The lowest BCUT2D eigenvalue weighted by Crippen LogP contribution is -2.41. The van der Waals surface area contributed by atoms with Crippen molar-refractivity contribution in [3.05, 3.63) is 29.8 Å². The summed E-state index contributed by atoms with van der Waals surface area (Å²) in [7, 11) is 0. The molecule has 1 aromatic rings. The minimum atomic E-state index is 0.0976. The van der Waals surface area contributed by atoms with Gasteiger partial charge in [0.15, 0.2) is 6.61 Å². The number of ether oxygens (including phenoxy) is 1. The standard InChI is InChI=1S/C17H25N3O/c1-15(14-20-10-5-2-6-11-20)19-13-16-7-3-4-8-17(16)21-12-9-18/h3-4,7-8,15,19H,2,5-6,10-14H2,1H3. The smallest absolute Gasteiger partial charge is 0.174 e. The molecule has 1 fully saturated rings. The molecule has 1 heterocycles. The number of likely N-dealkylation sites (tertiary alicyclic amines) is 1. The van der Waals surface area contributed by atoms with Crippen molar-refractivity contribution in [3.63, 3.8) is 0 Å². The van der Waals surface area contributed by atoms with E-state index in [1.54, 1.807) is 0 Å². The average molecular weight is 287 g/mol. The summed E-state index contributed by atoms with van der Waals surface area (Å²) in [4.78, 5) is 2.54. The lowest BCUT2D eigenvalue weighted by Gasteiger charge is -2.29. The third kappa shape index (κ3) is 5.37. The molecule has 1 N–H and O–H groups in total. The molecule has 0 bridgehead atoms. The summed E-state index contributed by atoms with van der Waals surface area (Å²) in [6, 6.07) is 10.4. The van der Waals surface area contributed by atoms with E-state index >= 15 is 0 Å². The molecule has 114 valence electrons. The number of nitriles is 1. The van der Waals surface area contributed by atoms with Crippen LogP contribution in [0.5, 0.6) is 5.75 Å². The Labute approximate surface area is 127 Å². The van der Waals surface area contributed by atoms with Crippen LogP contribution in [0.2, 0.25) is 0 Å². The SMILES string of the molecule is CC(CN1CCCCC1)NCc1ccccc1OCC#N. The van der Waals surface area contributed by atoms with Gasteiger partial charge in [0.25, 0.3) is 0 Å². The van der Waals surface area contributed by atoms with Gasteiger partial charge in [0, 0.05) is 24.7 Å². The number of nitrogens with zero attached hydrogens (tertiary/aromatic N) is 2. The molecule has 1 aromatic carbocycles. The van der Waals surface area contributed by atoms with Crippen molar-refractivity contribution in [1.82, 2.24) is 10.2 Å². The van der Waals surface area contributed by atoms with Gasteiger partial charge in [-0.25, -0.2) is 0 Å². The molecule has 1 aliphatic heterocycles. The minimum Gasteiger partial charge on any atom is -0.478 e. The van der Waals surface area contributed by atoms with Crippen molar-refractivity contribution in [2.24, 2.45) is 0 Å². The Bertz CT molecular complexity index is 463. The van der Waals surface area contributed by atoms with E-state index in [9.17, 15) is 0 Å². The number of benzene rings is 1. The number of hydrogen-bond acceptors (Lipinski definition) is 4. The Balaban J connectivity index is 1.80. The maximum absolute atomic E-state index is 8.62. The van der Waals surface area contributed by atoms with E-state index in [1.807, 2.05) is 30.3 Å². The molecular formula is C17H25N3O. The highest BCUT2D eigenvalue weighted by atomic mass is 16.5. The number of para-hydroxylation sites is 1. The van der Waals surface area contributed by atoms with Crippen molar-refractivity contribution in [2.45, 2.75) is 38.8 Å². The molecule has 4 nitrogen and oxygen atoms in total. The molecule has 0 radical (unpaired) electrons. The highest BCUT2D eigenvalue weighted by Crippen LogP contribution is 2.17.